The van der Waals surface area contributed by atoms with Crippen LogP contribution in [0.1, 0.15) is 6.92 Å². The molecule has 0 aromatic heterocycles. The van der Waals surface area contributed by atoms with Gasteiger partial charge in [-0.2, -0.15) is 0 Å². The minimum atomic E-state index is -1.39. The van der Waals surface area contributed by atoms with E-state index >= 15 is 0 Å². The van der Waals surface area contributed by atoms with Crippen LogP contribution in [-0.4, -0.2) is 62.8 Å². The van der Waals surface area contributed by atoms with Crippen molar-refractivity contribution in [3.63, 3.8) is 0 Å². The summed E-state index contributed by atoms with van der Waals surface area (Å²) in [7, 11) is 0. The predicted molar refractivity (Wildman–Crippen MR) is 80.4 cm³/mol. The number of amides is 1. The number of rotatable bonds is 4. The fourth-order valence-corrected chi connectivity index (χ4v) is 3.18. The first kappa shape index (κ1) is 17.2. The number of ether oxygens (including phenoxy) is 1. The molecule has 1 fully saturated rings. The monoisotopic (exact) mass is 329 g/mol. The average molecular weight is 329 g/mol. The highest BCUT2D eigenvalue weighted by atomic mass is 32.2. The van der Waals surface area contributed by atoms with Gasteiger partial charge in [-0.1, -0.05) is 11.8 Å². The van der Waals surface area contributed by atoms with E-state index < -0.39 is 36.5 Å². The van der Waals surface area contributed by atoms with E-state index in [0.717, 1.165) is 16.7 Å². The number of hydrogen-bond donors (Lipinski definition) is 5. The van der Waals surface area contributed by atoms with E-state index in [1.165, 1.54) is 6.92 Å². The maximum Gasteiger partial charge on any atom is 0.221 e. The lowest BCUT2D eigenvalue weighted by atomic mass is 10.0. The highest BCUT2D eigenvalue weighted by Gasteiger charge is 2.43. The van der Waals surface area contributed by atoms with Crippen LogP contribution in [0.25, 0.3) is 0 Å². The lowest BCUT2D eigenvalue weighted by Crippen LogP contribution is -2.57. The Balaban J connectivity index is 2.04. The van der Waals surface area contributed by atoms with E-state index in [1.807, 2.05) is 0 Å². The first-order chi connectivity index (χ1) is 10.4. The molecule has 5 N–H and O–H groups in total. The molecule has 0 unspecified atom stereocenters. The zero-order valence-corrected chi connectivity index (χ0v) is 12.7. The first-order valence-electron chi connectivity index (χ1n) is 6.77. The second-order valence-corrected chi connectivity index (χ2v) is 6.19. The van der Waals surface area contributed by atoms with Gasteiger partial charge in [0.25, 0.3) is 0 Å². The van der Waals surface area contributed by atoms with Gasteiger partial charge < -0.3 is 30.5 Å². The Morgan fingerprint density at radius 2 is 1.82 bits per heavy atom. The third-order valence-electron chi connectivity index (χ3n) is 3.28. The number of hydrogen-bond acceptors (Lipinski definition) is 7. The van der Waals surface area contributed by atoms with Crippen molar-refractivity contribution in [2.45, 2.75) is 41.7 Å². The minimum Gasteiger partial charge on any atom is -0.394 e. The maximum absolute atomic E-state index is 10.9. The van der Waals surface area contributed by atoms with Crippen LogP contribution in [0.15, 0.2) is 29.2 Å². The summed E-state index contributed by atoms with van der Waals surface area (Å²) in [6.45, 7) is 0.958. The van der Waals surface area contributed by atoms with E-state index in [9.17, 15) is 20.1 Å². The molecular weight excluding hydrogens is 310 g/mol. The van der Waals surface area contributed by atoms with Gasteiger partial charge in [0.15, 0.2) is 0 Å². The zero-order chi connectivity index (χ0) is 16.3. The van der Waals surface area contributed by atoms with Gasteiger partial charge in [-0.15, -0.1) is 0 Å². The topological polar surface area (TPSA) is 119 Å². The van der Waals surface area contributed by atoms with Crippen molar-refractivity contribution in [1.29, 1.82) is 0 Å². The highest BCUT2D eigenvalue weighted by Crippen LogP contribution is 2.33. The Kier molecular flexibility index (Phi) is 5.79. The molecule has 0 bridgehead atoms. The summed E-state index contributed by atoms with van der Waals surface area (Å²) in [6.07, 6.45) is -4.95. The Labute approximate surface area is 131 Å². The molecule has 1 aliphatic heterocycles. The van der Waals surface area contributed by atoms with Crippen molar-refractivity contribution in [2.24, 2.45) is 0 Å². The van der Waals surface area contributed by atoms with Gasteiger partial charge in [0, 0.05) is 17.5 Å². The Bertz CT molecular complexity index is 509. The molecule has 1 heterocycles. The largest absolute Gasteiger partial charge is 0.394 e. The van der Waals surface area contributed by atoms with Gasteiger partial charge in [0.2, 0.25) is 5.91 Å². The molecule has 2 rings (SSSR count). The van der Waals surface area contributed by atoms with Crippen molar-refractivity contribution in [3.05, 3.63) is 24.3 Å². The number of nitrogens with one attached hydrogen (secondary N) is 1. The molecule has 5 atom stereocenters. The Morgan fingerprint density at radius 1 is 1.18 bits per heavy atom. The van der Waals surface area contributed by atoms with Gasteiger partial charge in [-0.3, -0.25) is 4.79 Å². The van der Waals surface area contributed by atoms with Crippen molar-refractivity contribution in [3.8, 4) is 0 Å². The summed E-state index contributed by atoms with van der Waals surface area (Å²) >= 11 is 1.16. The van der Waals surface area contributed by atoms with Crippen LogP contribution in [0.2, 0.25) is 0 Å². The number of anilines is 1. The molecule has 7 nitrogen and oxygen atoms in total. The van der Waals surface area contributed by atoms with Crippen LogP contribution in [-0.2, 0) is 9.53 Å². The lowest BCUT2D eigenvalue weighted by molar-refractivity contribution is -0.205. The normalized spacial score (nSPS) is 31.8. The second kappa shape index (κ2) is 7.40. The molecule has 8 heteroatoms. The zero-order valence-electron chi connectivity index (χ0n) is 11.9. The molecular formula is C14H19NO6S. The molecule has 0 spiro atoms. The van der Waals surface area contributed by atoms with Gasteiger partial charge in [0.1, 0.15) is 29.9 Å². The minimum absolute atomic E-state index is 0.172. The number of benzene rings is 1. The molecule has 1 aliphatic rings. The first-order valence-corrected chi connectivity index (χ1v) is 7.65. The van der Waals surface area contributed by atoms with Gasteiger partial charge in [-0.05, 0) is 24.3 Å². The second-order valence-electron chi connectivity index (χ2n) is 5.02. The molecule has 1 aromatic rings. The number of aliphatic hydroxyl groups excluding tert-OH is 4. The summed E-state index contributed by atoms with van der Waals surface area (Å²) in [5.41, 5.74) is -0.173. The van der Waals surface area contributed by atoms with Crippen molar-refractivity contribution in [1.82, 2.24) is 0 Å². The van der Waals surface area contributed by atoms with Crippen LogP contribution in [0.5, 0.6) is 0 Å². The molecule has 1 aromatic carbocycles. The van der Waals surface area contributed by atoms with Crippen LogP contribution < -0.4 is 5.32 Å². The molecule has 0 aliphatic carbocycles. The Morgan fingerprint density at radius 3 is 2.36 bits per heavy atom. The quantitative estimate of drug-likeness (QED) is 0.507. The van der Waals surface area contributed by atoms with Gasteiger partial charge in [0.05, 0.1) is 6.61 Å². The molecule has 0 radical (unpaired) electrons. The van der Waals surface area contributed by atoms with E-state index in [1.54, 1.807) is 24.3 Å². The standard InChI is InChI=1S/C14H19NO6S/c1-7(17)15-8-2-4-9(5-3-8)22-14-13(20)12(19)11(18)10(6-16)21-14/h2-5,10-14,16,18-20H,6H2,1H3,(H,15,17)/t10-,11-,12+,13+,14+/m1/s1. The van der Waals surface area contributed by atoms with Crippen molar-refractivity contribution in [2.75, 3.05) is 11.9 Å². The third kappa shape index (κ3) is 3.97. The smallest absolute Gasteiger partial charge is 0.221 e. The fraction of sp³-hybridized carbons (Fsp3) is 0.500. The van der Waals surface area contributed by atoms with Crippen LogP contribution in [0.3, 0.4) is 0 Å². The number of carbonyl (C=O) groups is 1. The van der Waals surface area contributed by atoms with E-state index in [4.69, 9.17) is 9.84 Å². The van der Waals surface area contributed by atoms with Crippen LogP contribution >= 0.6 is 11.8 Å². The highest BCUT2D eigenvalue weighted by molar-refractivity contribution is 7.99. The maximum atomic E-state index is 10.9. The average Bonchev–Trinajstić information content (AvgIpc) is 2.49. The van der Waals surface area contributed by atoms with Crippen LogP contribution in [0.4, 0.5) is 5.69 Å². The van der Waals surface area contributed by atoms with Gasteiger partial charge in [-0.25, -0.2) is 0 Å². The fourth-order valence-electron chi connectivity index (χ4n) is 2.12. The third-order valence-corrected chi connectivity index (χ3v) is 4.44. The molecule has 22 heavy (non-hydrogen) atoms. The van der Waals surface area contributed by atoms with E-state index in [2.05, 4.69) is 5.32 Å². The summed E-state index contributed by atoms with van der Waals surface area (Å²) < 4.78 is 5.41. The summed E-state index contributed by atoms with van der Waals surface area (Å²) in [4.78, 5) is 11.7. The SMILES string of the molecule is CC(=O)Nc1ccc(S[C@@H]2O[C@H](CO)[C@@H](O)[C@H](O)[C@@H]2O)cc1. The molecule has 1 saturated heterocycles. The molecule has 1 amide bonds. The summed E-state index contributed by atoms with van der Waals surface area (Å²) in [5.74, 6) is -0.172. The van der Waals surface area contributed by atoms with Crippen molar-refractivity contribution >= 4 is 23.4 Å². The number of thioether (sulfide) groups is 1. The predicted octanol–water partition coefficient (Wildman–Crippen LogP) is -0.463. The van der Waals surface area contributed by atoms with E-state index in [0.29, 0.717) is 5.69 Å². The Hall–Kier alpha value is -1.16. The number of aliphatic hydroxyl groups is 4. The van der Waals surface area contributed by atoms with Crippen molar-refractivity contribution < 1.29 is 30.0 Å². The number of carbonyl (C=O) groups excluding carboxylic acids is 1. The lowest BCUT2D eigenvalue weighted by Gasteiger charge is -2.39. The summed E-state index contributed by atoms with van der Waals surface area (Å²) in [5, 5.41) is 41.2. The summed E-state index contributed by atoms with van der Waals surface area (Å²) in [6, 6.07) is 6.87. The van der Waals surface area contributed by atoms with E-state index in [-0.39, 0.29) is 5.91 Å². The van der Waals surface area contributed by atoms with Gasteiger partial charge >= 0.3 is 0 Å². The molecule has 0 saturated carbocycles. The van der Waals surface area contributed by atoms with Crippen LogP contribution in [0, 0.1) is 0 Å². The molecule has 122 valence electrons.